The summed E-state index contributed by atoms with van der Waals surface area (Å²) in [4.78, 5) is 10.7. The van der Waals surface area contributed by atoms with Crippen LogP contribution in [0.4, 0.5) is 0 Å². The number of aliphatic hydroxyl groups is 1. The van der Waals surface area contributed by atoms with E-state index in [0.29, 0.717) is 0 Å². The second-order valence-corrected chi connectivity index (χ2v) is 3.00. The van der Waals surface area contributed by atoms with Crippen molar-refractivity contribution in [3.05, 3.63) is 0 Å². The lowest BCUT2D eigenvalue weighted by atomic mass is 9.97. The first kappa shape index (κ1) is 12.0. The Labute approximate surface area is 79.5 Å². The maximum atomic E-state index is 10.7. The Morgan fingerprint density at radius 2 is 2.08 bits per heavy atom. The van der Waals surface area contributed by atoms with E-state index in [2.05, 4.69) is 5.32 Å². The maximum Gasteiger partial charge on any atom is 0.295 e. The number of carbonyl (C=O) groups is 1. The van der Waals surface area contributed by atoms with Gasteiger partial charge >= 0.3 is 0 Å². The summed E-state index contributed by atoms with van der Waals surface area (Å²) in [6.07, 6.45) is 6.18. The molecule has 3 nitrogen and oxygen atoms in total. The standard InChI is InChI=1S/C10H17NO2/c1-4-8(5-2)9(12)7-11-10(13)6-3/h3,8-9,12H,4-5,7H2,1-2H3,(H,11,13). The van der Waals surface area contributed by atoms with E-state index in [9.17, 15) is 9.90 Å². The molecule has 1 unspecified atom stereocenters. The van der Waals surface area contributed by atoms with E-state index in [1.807, 2.05) is 19.8 Å². The van der Waals surface area contributed by atoms with Crippen molar-refractivity contribution in [1.29, 1.82) is 0 Å². The minimum Gasteiger partial charge on any atom is -0.391 e. The van der Waals surface area contributed by atoms with Crippen LogP contribution in [0.3, 0.4) is 0 Å². The van der Waals surface area contributed by atoms with Gasteiger partial charge in [-0.15, -0.1) is 6.42 Å². The molecule has 0 aromatic carbocycles. The van der Waals surface area contributed by atoms with Crippen LogP contribution in [0.1, 0.15) is 26.7 Å². The van der Waals surface area contributed by atoms with Crippen molar-refractivity contribution >= 4 is 5.91 Å². The van der Waals surface area contributed by atoms with Crippen molar-refractivity contribution in [2.45, 2.75) is 32.8 Å². The number of hydrogen-bond acceptors (Lipinski definition) is 2. The topological polar surface area (TPSA) is 49.3 Å². The summed E-state index contributed by atoms with van der Waals surface area (Å²) >= 11 is 0. The molecule has 0 aliphatic rings. The fourth-order valence-electron chi connectivity index (χ4n) is 1.25. The summed E-state index contributed by atoms with van der Waals surface area (Å²) in [5, 5.41) is 12.0. The molecule has 13 heavy (non-hydrogen) atoms. The smallest absolute Gasteiger partial charge is 0.295 e. The molecule has 0 spiro atoms. The molecular weight excluding hydrogens is 166 g/mol. The van der Waals surface area contributed by atoms with Crippen LogP contribution in [0.15, 0.2) is 0 Å². The highest BCUT2D eigenvalue weighted by atomic mass is 16.3. The Kier molecular flexibility index (Phi) is 5.99. The quantitative estimate of drug-likeness (QED) is 0.611. The van der Waals surface area contributed by atoms with Crippen molar-refractivity contribution in [3.63, 3.8) is 0 Å². The highest BCUT2D eigenvalue weighted by Crippen LogP contribution is 2.11. The van der Waals surface area contributed by atoms with Crippen LogP contribution in [0.25, 0.3) is 0 Å². The van der Waals surface area contributed by atoms with Gasteiger partial charge in [0.05, 0.1) is 6.10 Å². The summed E-state index contributed by atoms with van der Waals surface area (Å²) in [5.41, 5.74) is 0. The number of rotatable bonds is 5. The van der Waals surface area contributed by atoms with E-state index < -0.39 is 12.0 Å². The van der Waals surface area contributed by atoms with Crippen LogP contribution in [0, 0.1) is 18.3 Å². The maximum absolute atomic E-state index is 10.7. The van der Waals surface area contributed by atoms with Gasteiger partial charge in [-0.2, -0.15) is 0 Å². The van der Waals surface area contributed by atoms with E-state index in [1.54, 1.807) is 0 Å². The molecule has 0 radical (unpaired) electrons. The lowest BCUT2D eigenvalue weighted by Gasteiger charge is -2.19. The van der Waals surface area contributed by atoms with Gasteiger partial charge in [-0.05, 0) is 11.8 Å². The summed E-state index contributed by atoms with van der Waals surface area (Å²) < 4.78 is 0. The summed E-state index contributed by atoms with van der Waals surface area (Å²) in [6.45, 7) is 4.27. The van der Waals surface area contributed by atoms with Gasteiger partial charge in [0.15, 0.2) is 0 Å². The number of amides is 1. The van der Waals surface area contributed by atoms with Crippen LogP contribution in [-0.4, -0.2) is 23.7 Å². The summed E-state index contributed by atoms with van der Waals surface area (Å²) in [7, 11) is 0. The molecule has 0 heterocycles. The minimum atomic E-state index is -0.493. The molecule has 2 N–H and O–H groups in total. The predicted octanol–water partition coefficient (Wildman–Crippen LogP) is 0.533. The van der Waals surface area contributed by atoms with Crippen molar-refractivity contribution in [2.75, 3.05) is 6.54 Å². The molecule has 0 aromatic rings. The number of carbonyl (C=O) groups excluding carboxylic acids is 1. The Bertz CT molecular complexity index is 192. The molecule has 0 fully saturated rings. The molecule has 0 bridgehead atoms. The normalized spacial score (nSPS) is 12.2. The average molecular weight is 183 g/mol. The largest absolute Gasteiger partial charge is 0.391 e. The Hall–Kier alpha value is -1.01. The zero-order valence-electron chi connectivity index (χ0n) is 8.21. The second kappa shape index (κ2) is 6.50. The fourth-order valence-corrected chi connectivity index (χ4v) is 1.25. The molecule has 0 saturated carbocycles. The van der Waals surface area contributed by atoms with Gasteiger partial charge in [0.1, 0.15) is 0 Å². The lowest BCUT2D eigenvalue weighted by molar-refractivity contribution is -0.116. The monoisotopic (exact) mass is 183 g/mol. The van der Waals surface area contributed by atoms with Gasteiger partial charge in [0.25, 0.3) is 5.91 Å². The first-order valence-corrected chi connectivity index (χ1v) is 4.58. The third kappa shape index (κ3) is 4.54. The van der Waals surface area contributed by atoms with Gasteiger partial charge in [-0.25, -0.2) is 0 Å². The molecule has 0 aliphatic carbocycles. The third-order valence-electron chi connectivity index (χ3n) is 2.20. The van der Waals surface area contributed by atoms with E-state index in [0.717, 1.165) is 12.8 Å². The van der Waals surface area contributed by atoms with Gasteiger partial charge in [-0.3, -0.25) is 4.79 Å². The molecule has 0 rings (SSSR count). The van der Waals surface area contributed by atoms with Gasteiger partial charge in [-0.1, -0.05) is 26.7 Å². The first-order chi connectivity index (χ1) is 6.15. The van der Waals surface area contributed by atoms with Crippen LogP contribution in [0.2, 0.25) is 0 Å². The number of terminal acetylenes is 1. The zero-order valence-corrected chi connectivity index (χ0v) is 8.21. The molecule has 0 aliphatic heterocycles. The van der Waals surface area contributed by atoms with E-state index in [1.165, 1.54) is 0 Å². The molecule has 1 atom stereocenters. The van der Waals surface area contributed by atoms with Crippen LogP contribution >= 0.6 is 0 Å². The van der Waals surface area contributed by atoms with Crippen molar-refractivity contribution in [3.8, 4) is 12.3 Å². The van der Waals surface area contributed by atoms with Crippen molar-refractivity contribution in [2.24, 2.45) is 5.92 Å². The molecule has 1 amide bonds. The molecule has 3 heteroatoms. The van der Waals surface area contributed by atoms with Gasteiger partial charge < -0.3 is 10.4 Å². The minimum absolute atomic E-state index is 0.234. The molecule has 74 valence electrons. The first-order valence-electron chi connectivity index (χ1n) is 4.58. The number of nitrogens with one attached hydrogen (secondary N) is 1. The number of hydrogen-bond donors (Lipinski definition) is 2. The lowest BCUT2D eigenvalue weighted by Crippen LogP contribution is -2.35. The summed E-state index contributed by atoms with van der Waals surface area (Å²) in [5.74, 6) is 1.70. The van der Waals surface area contributed by atoms with Gasteiger partial charge in [0, 0.05) is 6.54 Å². The van der Waals surface area contributed by atoms with Crippen LogP contribution in [-0.2, 0) is 4.79 Å². The second-order valence-electron chi connectivity index (χ2n) is 3.00. The van der Waals surface area contributed by atoms with Gasteiger partial charge in [0.2, 0.25) is 0 Å². The van der Waals surface area contributed by atoms with Crippen LogP contribution < -0.4 is 5.32 Å². The summed E-state index contributed by atoms with van der Waals surface area (Å²) in [6, 6.07) is 0. The highest BCUT2D eigenvalue weighted by Gasteiger charge is 2.15. The highest BCUT2D eigenvalue weighted by molar-refractivity contribution is 5.92. The average Bonchev–Trinajstić information content (AvgIpc) is 2.16. The number of aliphatic hydroxyl groups excluding tert-OH is 1. The molecule has 0 aromatic heterocycles. The van der Waals surface area contributed by atoms with Crippen LogP contribution in [0.5, 0.6) is 0 Å². The van der Waals surface area contributed by atoms with Crippen molar-refractivity contribution in [1.82, 2.24) is 5.32 Å². The van der Waals surface area contributed by atoms with E-state index in [-0.39, 0.29) is 12.5 Å². The fraction of sp³-hybridized carbons (Fsp3) is 0.700. The predicted molar refractivity (Wildman–Crippen MR) is 51.9 cm³/mol. The zero-order chi connectivity index (χ0) is 10.3. The SMILES string of the molecule is C#CC(=O)NCC(O)C(CC)CC. The molecule has 0 saturated heterocycles. The Morgan fingerprint density at radius 1 is 1.54 bits per heavy atom. The van der Waals surface area contributed by atoms with E-state index in [4.69, 9.17) is 6.42 Å². The Morgan fingerprint density at radius 3 is 2.46 bits per heavy atom. The third-order valence-corrected chi connectivity index (χ3v) is 2.20. The van der Waals surface area contributed by atoms with E-state index >= 15 is 0 Å². The van der Waals surface area contributed by atoms with Crippen molar-refractivity contribution < 1.29 is 9.90 Å². The molecular formula is C10H17NO2. The Balaban J connectivity index is 3.79.